The van der Waals surface area contributed by atoms with Gasteiger partial charge in [0.05, 0.1) is 16.8 Å². The highest BCUT2D eigenvalue weighted by atomic mass is 32.2. The van der Waals surface area contributed by atoms with Crippen molar-refractivity contribution in [3.8, 4) is 0 Å². The van der Waals surface area contributed by atoms with Gasteiger partial charge in [-0.2, -0.15) is 0 Å². The maximum absolute atomic E-state index is 11.9. The number of fused-ring (bicyclic) bond motifs is 1. The van der Waals surface area contributed by atoms with Crippen LogP contribution in [0.4, 0.5) is 0 Å². The van der Waals surface area contributed by atoms with Crippen molar-refractivity contribution in [2.24, 2.45) is 0 Å². The Balaban J connectivity index is 1.36. The van der Waals surface area contributed by atoms with Crippen LogP contribution < -0.4 is 5.32 Å². The van der Waals surface area contributed by atoms with Crippen LogP contribution in [0.15, 0.2) is 53.4 Å². The van der Waals surface area contributed by atoms with E-state index in [9.17, 15) is 4.79 Å². The fraction of sp³-hybridized carbons (Fsp3) is 0.263. The molecule has 0 aliphatic carbocycles. The van der Waals surface area contributed by atoms with Crippen molar-refractivity contribution in [3.05, 3.63) is 59.9 Å². The van der Waals surface area contributed by atoms with E-state index in [1.54, 1.807) is 11.8 Å². The van der Waals surface area contributed by atoms with Crippen LogP contribution in [0.1, 0.15) is 17.8 Å². The standard InChI is InChI=1S/C19H21N3OS/c1-14-8-10-15(11-9-14)24-13-19(23)20-12-4-7-18-21-16-5-2-3-6-17(16)22-18/h2-3,5-6,8-11H,4,7,12-13H2,1H3,(H,20,23)(H,21,22). The lowest BCUT2D eigenvalue weighted by molar-refractivity contribution is -0.118. The van der Waals surface area contributed by atoms with Crippen molar-refractivity contribution in [1.82, 2.24) is 15.3 Å². The summed E-state index contributed by atoms with van der Waals surface area (Å²) in [6.45, 7) is 2.73. The minimum atomic E-state index is 0.0742. The van der Waals surface area contributed by atoms with E-state index in [4.69, 9.17) is 0 Å². The molecule has 0 saturated heterocycles. The summed E-state index contributed by atoms with van der Waals surface area (Å²) in [4.78, 5) is 20.9. The first kappa shape index (κ1) is 16.6. The van der Waals surface area contributed by atoms with Gasteiger partial charge in [-0.15, -0.1) is 11.8 Å². The number of H-pyrrole nitrogens is 1. The fourth-order valence-corrected chi connectivity index (χ4v) is 3.17. The second kappa shape index (κ2) is 8.02. The number of para-hydroxylation sites is 2. The van der Waals surface area contributed by atoms with Gasteiger partial charge < -0.3 is 10.3 Å². The number of rotatable bonds is 7. The summed E-state index contributed by atoms with van der Waals surface area (Å²) in [7, 11) is 0. The van der Waals surface area contributed by atoms with E-state index in [2.05, 4.69) is 46.5 Å². The Morgan fingerprint density at radius 3 is 2.75 bits per heavy atom. The third kappa shape index (κ3) is 4.61. The lowest BCUT2D eigenvalue weighted by Gasteiger charge is -2.05. The van der Waals surface area contributed by atoms with E-state index < -0.39 is 0 Å². The molecule has 3 rings (SSSR count). The topological polar surface area (TPSA) is 57.8 Å². The van der Waals surface area contributed by atoms with Crippen LogP contribution in [0.25, 0.3) is 11.0 Å². The molecular weight excluding hydrogens is 318 g/mol. The zero-order valence-corrected chi connectivity index (χ0v) is 14.5. The number of aromatic nitrogens is 2. The van der Waals surface area contributed by atoms with Crippen LogP contribution in [0.3, 0.4) is 0 Å². The van der Waals surface area contributed by atoms with Crippen LogP contribution in [0, 0.1) is 6.92 Å². The van der Waals surface area contributed by atoms with Crippen molar-refractivity contribution in [2.45, 2.75) is 24.7 Å². The van der Waals surface area contributed by atoms with Gasteiger partial charge in [0.25, 0.3) is 0 Å². The molecule has 2 aromatic carbocycles. The Labute approximate surface area is 146 Å². The van der Waals surface area contributed by atoms with Crippen LogP contribution in [-0.2, 0) is 11.2 Å². The highest BCUT2D eigenvalue weighted by Crippen LogP contribution is 2.17. The number of benzene rings is 2. The quantitative estimate of drug-likeness (QED) is 0.509. The normalized spacial score (nSPS) is 10.9. The zero-order valence-electron chi connectivity index (χ0n) is 13.7. The summed E-state index contributed by atoms with van der Waals surface area (Å²) in [5, 5.41) is 2.97. The molecule has 0 radical (unpaired) electrons. The molecule has 1 heterocycles. The van der Waals surface area contributed by atoms with Crippen LogP contribution >= 0.6 is 11.8 Å². The third-order valence-corrected chi connectivity index (χ3v) is 4.75. The fourth-order valence-electron chi connectivity index (χ4n) is 2.44. The molecule has 2 N–H and O–H groups in total. The van der Waals surface area contributed by atoms with Gasteiger partial charge in [0.15, 0.2) is 0 Å². The molecule has 1 amide bonds. The molecule has 5 heteroatoms. The summed E-state index contributed by atoms with van der Waals surface area (Å²) < 4.78 is 0. The Morgan fingerprint density at radius 2 is 1.96 bits per heavy atom. The molecule has 0 aliphatic rings. The maximum Gasteiger partial charge on any atom is 0.230 e. The van der Waals surface area contributed by atoms with E-state index in [0.29, 0.717) is 12.3 Å². The molecule has 124 valence electrons. The molecule has 0 spiro atoms. The van der Waals surface area contributed by atoms with Crippen LogP contribution in [-0.4, -0.2) is 28.2 Å². The molecule has 1 aromatic heterocycles. The molecule has 0 bridgehead atoms. The average molecular weight is 339 g/mol. The van der Waals surface area contributed by atoms with Crippen LogP contribution in [0.5, 0.6) is 0 Å². The number of carbonyl (C=O) groups excluding carboxylic acids is 1. The predicted molar refractivity (Wildman–Crippen MR) is 99.3 cm³/mol. The van der Waals surface area contributed by atoms with E-state index in [1.807, 2.05) is 24.3 Å². The molecule has 4 nitrogen and oxygen atoms in total. The number of aryl methyl sites for hydroxylation is 2. The lowest BCUT2D eigenvalue weighted by Crippen LogP contribution is -2.26. The van der Waals surface area contributed by atoms with Gasteiger partial charge in [0.2, 0.25) is 5.91 Å². The van der Waals surface area contributed by atoms with Crippen molar-refractivity contribution in [3.63, 3.8) is 0 Å². The minimum Gasteiger partial charge on any atom is -0.355 e. The molecule has 3 aromatic rings. The molecule has 0 atom stereocenters. The number of nitrogens with one attached hydrogen (secondary N) is 2. The summed E-state index contributed by atoms with van der Waals surface area (Å²) in [5.41, 5.74) is 3.28. The maximum atomic E-state index is 11.9. The molecule has 0 unspecified atom stereocenters. The average Bonchev–Trinajstić information content (AvgIpc) is 3.01. The van der Waals surface area contributed by atoms with Crippen molar-refractivity contribution in [2.75, 3.05) is 12.3 Å². The van der Waals surface area contributed by atoms with Gasteiger partial charge in [-0.25, -0.2) is 4.98 Å². The molecule has 24 heavy (non-hydrogen) atoms. The SMILES string of the molecule is Cc1ccc(SCC(=O)NCCCc2nc3ccccc3[nH]2)cc1. The number of hydrogen-bond acceptors (Lipinski definition) is 3. The first-order valence-corrected chi connectivity index (χ1v) is 9.09. The largest absolute Gasteiger partial charge is 0.355 e. The Kier molecular flexibility index (Phi) is 5.54. The van der Waals surface area contributed by atoms with Gasteiger partial charge in [0, 0.05) is 17.9 Å². The molecular formula is C19H21N3OS. The Morgan fingerprint density at radius 1 is 1.17 bits per heavy atom. The van der Waals surface area contributed by atoms with E-state index in [-0.39, 0.29) is 5.91 Å². The first-order valence-electron chi connectivity index (χ1n) is 8.10. The highest BCUT2D eigenvalue weighted by Gasteiger charge is 2.04. The lowest BCUT2D eigenvalue weighted by atomic mass is 10.2. The van der Waals surface area contributed by atoms with Gasteiger partial charge in [-0.1, -0.05) is 29.8 Å². The van der Waals surface area contributed by atoms with Crippen molar-refractivity contribution >= 4 is 28.7 Å². The second-order valence-corrected chi connectivity index (χ2v) is 6.80. The molecule has 0 saturated carbocycles. The summed E-state index contributed by atoms with van der Waals surface area (Å²) in [6, 6.07) is 16.2. The Bertz CT molecular complexity index is 778. The first-order chi connectivity index (χ1) is 11.7. The van der Waals surface area contributed by atoms with E-state index >= 15 is 0 Å². The molecule has 0 fully saturated rings. The zero-order chi connectivity index (χ0) is 16.8. The number of thioether (sulfide) groups is 1. The number of amides is 1. The van der Waals surface area contributed by atoms with Gasteiger partial charge in [-0.05, 0) is 37.6 Å². The summed E-state index contributed by atoms with van der Waals surface area (Å²) in [6.07, 6.45) is 1.71. The van der Waals surface area contributed by atoms with Crippen molar-refractivity contribution in [1.29, 1.82) is 0 Å². The number of carbonyl (C=O) groups is 1. The third-order valence-electron chi connectivity index (χ3n) is 3.74. The van der Waals surface area contributed by atoms with E-state index in [0.717, 1.165) is 34.6 Å². The van der Waals surface area contributed by atoms with Crippen LogP contribution in [0.2, 0.25) is 0 Å². The van der Waals surface area contributed by atoms with E-state index in [1.165, 1.54) is 5.56 Å². The number of nitrogens with zero attached hydrogens (tertiary/aromatic N) is 1. The highest BCUT2D eigenvalue weighted by molar-refractivity contribution is 8.00. The monoisotopic (exact) mass is 339 g/mol. The smallest absolute Gasteiger partial charge is 0.230 e. The van der Waals surface area contributed by atoms with Gasteiger partial charge in [0.1, 0.15) is 5.82 Å². The number of imidazole rings is 1. The van der Waals surface area contributed by atoms with Gasteiger partial charge >= 0.3 is 0 Å². The van der Waals surface area contributed by atoms with Gasteiger partial charge in [-0.3, -0.25) is 4.79 Å². The number of hydrogen-bond donors (Lipinski definition) is 2. The molecule has 0 aliphatic heterocycles. The van der Waals surface area contributed by atoms with Crippen molar-refractivity contribution < 1.29 is 4.79 Å². The Hall–Kier alpha value is -2.27. The second-order valence-electron chi connectivity index (χ2n) is 5.76. The summed E-state index contributed by atoms with van der Waals surface area (Å²) >= 11 is 1.56. The predicted octanol–water partition coefficient (Wildman–Crippen LogP) is 3.71. The summed E-state index contributed by atoms with van der Waals surface area (Å²) in [5.74, 6) is 1.50. The minimum absolute atomic E-state index is 0.0742. The number of aromatic amines is 1.